The van der Waals surface area contributed by atoms with Gasteiger partial charge in [-0.25, -0.2) is 0 Å². The van der Waals surface area contributed by atoms with Gasteiger partial charge >= 0.3 is 0 Å². The van der Waals surface area contributed by atoms with E-state index < -0.39 is 0 Å². The van der Waals surface area contributed by atoms with Gasteiger partial charge in [-0.1, -0.05) is 6.92 Å². The van der Waals surface area contributed by atoms with Crippen LogP contribution in [0.2, 0.25) is 0 Å². The van der Waals surface area contributed by atoms with E-state index in [2.05, 4.69) is 18.4 Å². The van der Waals surface area contributed by atoms with Crippen LogP contribution in [-0.4, -0.2) is 6.54 Å². The molecule has 0 amide bonds. The summed E-state index contributed by atoms with van der Waals surface area (Å²) in [5.41, 5.74) is 7.81. The van der Waals surface area contributed by atoms with Gasteiger partial charge in [-0.2, -0.15) is 0 Å². The van der Waals surface area contributed by atoms with E-state index in [0.29, 0.717) is 5.41 Å². The van der Waals surface area contributed by atoms with Crippen molar-refractivity contribution in [2.45, 2.75) is 32.6 Å². The lowest BCUT2D eigenvalue weighted by molar-refractivity contribution is 0.524. The molecule has 72 valence electrons. The Morgan fingerprint density at radius 1 is 1.54 bits per heavy atom. The van der Waals surface area contributed by atoms with Gasteiger partial charge in [0, 0.05) is 4.88 Å². The Balaban J connectivity index is 2.09. The van der Waals surface area contributed by atoms with Crippen molar-refractivity contribution < 1.29 is 0 Å². The van der Waals surface area contributed by atoms with Crippen molar-refractivity contribution in [3.05, 3.63) is 21.9 Å². The third kappa shape index (κ3) is 1.79. The summed E-state index contributed by atoms with van der Waals surface area (Å²) < 4.78 is 0. The number of nitrogens with two attached hydrogens (primary N) is 1. The molecule has 0 atom stereocenters. The number of rotatable bonds is 4. The van der Waals surface area contributed by atoms with Gasteiger partial charge in [-0.05, 0) is 54.7 Å². The van der Waals surface area contributed by atoms with Crippen LogP contribution in [0, 0.1) is 5.41 Å². The van der Waals surface area contributed by atoms with E-state index in [4.69, 9.17) is 5.73 Å². The first-order valence-electron chi connectivity index (χ1n) is 5.05. The summed E-state index contributed by atoms with van der Waals surface area (Å²) in [5, 5.41) is 2.21. The Morgan fingerprint density at radius 3 is 2.85 bits per heavy atom. The summed E-state index contributed by atoms with van der Waals surface area (Å²) in [4.78, 5) is 1.57. The van der Waals surface area contributed by atoms with E-state index >= 15 is 0 Å². The second-order valence-electron chi connectivity index (χ2n) is 4.10. The molecule has 1 aromatic heterocycles. The van der Waals surface area contributed by atoms with Crippen LogP contribution in [0.15, 0.2) is 11.4 Å². The molecule has 2 rings (SSSR count). The molecular formula is C11H17NS. The van der Waals surface area contributed by atoms with Gasteiger partial charge in [0.05, 0.1) is 0 Å². The summed E-state index contributed by atoms with van der Waals surface area (Å²) in [6.45, 7) is 3.10. The zero-order valence-electron chi connectivity index (χ0n) is 8.18. The van der Waals surface area contributed by atoms with Crippen LogP contribution in [0.4, 0.5) is 0 Å². The van der Waals surface area contributed by atoms with Gasteiger partial charge in [-0.15, -0.1) is 11.3 Å². The summed E-state index contributed by atoms with van der Waals surface area (Å²) in [6.07, 6.45) is 5.07. The second-order valence-corrected chi connectivity index (χ2v) is 5.10. The number of thiophene rings is 1. The average molecular weight is 195 g/mol. The quantitative estimate of drug-likeness (QED) is 0.785. The first-order chi connectivity index (χ1) is 6.29. The molecule has 1 nitrogen and oxygen atoms in total. The van der Waals surface area contributed by atoms with Crippen molar-refractivity contribution in [1.29, 1.82) is 0 Å². The van der Waals surface area contributed by atoms with Crippen molar-refractivity contribution in [2.24, 2.45) is 11.1 Å². The van der Waals surface area contributed by atoms with Crippen LogP contribution in [0.1, 0.15) is 30.2 Å². The molecule has 0 unspecified atom stereocenters. The van der Waals surface area contributed by atoms with E-state index in [9.17, 15) is 0 Å². The number of hydrogen-bond acceptors (Lipinski definition) is 2. The minimum absolute atomic E-state index is 0.495. The fraction of sp³-hybridized carbons (Fsp3) is 0.636. The van der Waals surface area contributed by atoms with Crippen molar-refractivity contribution >= 4 is 11.3 Å². The van der Waals surface area contributed by atoms with E-state index in [1.54, 1.807) is 4.88 Å². The lowest BCUT2D eigenvalue weighted by atomic mass is 9.99. The minimum atomic E-state index is 0.495. The predicted molar refractivity (Wildman–Crippen MR) is 58.1 cm³/mol. The van der Waals surface area contributed by atoms with Gasteiger partial charge in [0.25, 0.3) is 0 Å². The first kappa shape index (κ1) is 9.22. The Bertz CT molecular complexity index is 286. The van der Waals surface area contributed by atoms with Crippen LogP contribution in [-0.2, 0) is 12.8 Å². The number of aryl methyl sites for hydroxylation is 1. The summed E-state index contributed by atoms with van der Waals surface area (Å²) in [7, 11) is 0. The molecule has 1 aliphatic carbocycles. The fourth-order valence-corrected chi connectivity index (χ4v) is 2.96. The Hall–Kier alpha value is -0.340. The van der Waals surface area contributed by atoms with Crippen LogP contribution < -0.4 is 5.73 Å². The van der Waals surface area contributed by atoms with Crippen molar-refractivity contribution in [3.63, 3.8) is 0 Å². The van der Waals surface area contributed by atoms with Gasteiger partial charge in [-0.3, -0.25) is 0 Å². The molecule has 2 heteroatoms. The third-order valence-corrected chi connectivity index (χ3v) is 4.11. The van der Waals surface area contributed by atoms with E-state index in [1.165, 1.54) is 31.2 Å². The molecule has 0 aliphatic heterocycles. The van der Waals surface area contributed by atoms with Crippen LogP contribution >= 0.6 is 11.3 Å². The van der Waals surface area contributed by atoms with Gasteiger partial charge in [0.1, 0.15) is 0 Å². The zero-order chi connectivity index (χ0) is 9.31. The Morgan fingerprint density at radius 2 is 2.31 bits per heavy atom. The monoisotopic (exact) mass is 195 g/mol. The molecule has 0 saturated heterocycles. The van der Waals surface area contributed by atoms with Crippen LogP contribution in [0.3, 0.4) is 0 Å². The predicted octanol–water partition coefficient (Wildman–Crippen LogP) is 2.59. The molecule has 1 fully saturated rings. The minimum Gasteiger partial charge on any atom is -0.330 e. The standard InChI is InChI=1S/C11H17NS/c1-2-9-3-6-13-10(9)7-11(8-12)4-5-11/h3,6H,2,4-5,7-8,12H2,1H3. The lowest BCUT2D eigenvalue weighted by Gasteiger charge is -2.11. The largest absolute Gasteiger partial charge is 0.330 e. The Labute approximate surface area is 84.0 Å². The maximum Gasteiger partial charge on any atom is 0.00831 e. The third-order valence-electron chi connectivity index (χ3n) is 3.14. The first-order valence-corrected chi connectivity index (χ1v) is 5.93. The van der Waals surface area contributed by atoms with Gasteiger partial charge in [0.2, 0.25) is 0 Å². The SMILES string of the molecule is CCc1ccsc1CC1(CN)CC1. The van der Waals surface area contributed by atoms with Crippen molar-refractivity contribution in [3.8, 4) is 0 Å². The molecule has 1 aromatic rings. The average Bonchev–Trinajstić information content (AvgIpc) is 2.78. The second kappa shape index (κ2) is 3.43. The van der Waals surface area contributed by atoms with E-state index in [1.807, 2.05) is 11.3 Å². The van der Waals surface area contributed by atoms with Crippen molar-refractivity contribution in [2.75, 3.05) is 6.54 Å². The molecule has 0 radical (unpaired) electrons. The molecule has 0 aromatic carbocycles. The maximum atomic E-state index is 5.78. The normalized spacial score (nSPS) is 18.9. The lowest BCUT2D eigenvalue weighted by Crippen LogP contribution is -2.17. The highest BCUT2D eigenvalue weighted by molar-refractivity contribution is 7.10. The van der Waals surface area contributed by atoms with Gasteiger partial charge < -0.3 is 5.73 Å². The molecule has 1 aliphatic rings. The molecule has 0 spiro atoms. The maximum absolute atomic E-state index is 5.78. The van der Waals surface area contributed by atoms with E-state index in [0.717, 1.165) is 6.54 Å². The fourth-order valence-electron chi connectivity index (χ4n) is 1.81. The molecule has 2 N–H and O–H groups in total. The van der Waals surface area contributed by atoms with Crippen LogP contribution in [0.5, 0.6) is 0 Å². The highest BCUT2D eigenvalue weighted by atomic mass is 32.1. The van der Waals surface area contributed by atoms with Gasteiger partial charge in [0.15, 0.2) is 0 Å². The molecule has 1 heterocycles. The Kier molecular flexibility index (Phi) is 2.43. The summed E-state index contributed by atoms with van der Waals surface area (Å²) in [5.74, 6) is 0. The highest BCUT2D eigenvalue weighted by Gasteiger charge is 2.41. The number of hydrogen-bond donors (Lipinski definition) is 1. The molecule has 13 heavy (non-hydrogen) atoms. The van der Waals surface area contributed by atoms with Crippen molar-refractivity contribution in [1.82, 2.24) is 0 Å². The van der Waals surface area contributed by atoms with Crippen LogP contribution in [0.25, 0.3) is 0 Å². The smallest absolute Gasteiger partial charge is 0.00831 e. The summed E-state index contributed by atoms with van der Waals surface area (Å²) >= 11 is 1.90. The molecule has 0 bridgehead atoms. The molecular weight excluding hydrogens is 178 g/mol. The van der Waals surface area contributed by atoms with E-state index in [-0.39, 0.29) is 0 Å². The molecule has 1 saturated carbocycles. The summed E-state index contributed by atoms with van der Waals surface area (Å²) in [6, 6.07) is 2.26. The topological polar surface area (TPSA) is 26.0 Å². The highest BCUT2D eigenvalue weighted by Crippen LogP contribution is 2.48. The zero-order valence-corrected chi connectivity index (χ0v) is 8.99.